The molecule has 0 spiro atoms. The zero-order valence-corrected chi connectivity index (χ0v) is 10.2. The normalized spacial score (nSPS) is 20.2. The molecule has 1 atom stereocenters. The molecule has 0 radical (unpaired) electrons. The first-order valence-electron chi connectivity index (χ1n) is 5.87. The highest BCUT2D eigenvalue weighted by Crippen LogP contribution is 2.18. The number of methoxy groups -OCH3 is 1. The van der Waals surface area contributed by atoms with Crippen LogP contribution in [0.4, 0.5) is 4.39 Å². The quantitative estimate of drug-likeness (QED) is 0.888. The first-order valence-corrected chi connectivity index (χ1v) is 5.87. The Kier molecular flexibility index (Phi) is 3.93. The lowest BCUT2D eigenvalue weighted by atomic mass is 10.1. The summed E-state index contributed by atoms with van der Waals surface area (Å²) in [6, 6.07) is 4.05. The van der Waals surface area contributed by atoms with Crippen LogP contribution in [0.1, 0.15) is 22.3 Å². The van der Waals surface area contributed by atoms with Crippen LogP contribution in [0.15, 0.2) is 18.2 Å². The van der Waals surface area contributed by atoms with E-state index in [0.717, 1.165) is 25.6 Å². The van der Waals surface area contributed by atoms with Gasteiger partial charge < -0.3 is 9.84 Å². The smallest absolute Gasteiger partial charge is 0.335 e. The van der Waals surface area contributed by atoms with Crippen LogP contribution in [-0.2, 0) is 11.3 Å². The summed E-state index contributed by atoms with van der Waals surface area (Å²) in [4.78, 5) is 12.8. The van der Waals surface area contributed by atoms with E-state index < -0.39 is 11.8 Å². The molecule has 1 fully saturated rings. The Balaban J connectivity index is 2.04. The van der Waals surface area contributed by atoms with Gasteiger partial charge in [-0.05, 0) is 18.6 Å². The summed E-state index contributed by atoms with van der Waals surface area (Å²) in [6.07, 6.45) is 1.16. The van der Waals surface area contributed by atoms with E-state index in [1.165, 1.54) is 6.07 Å². The largest absolute Gasteiger partial charge is 0.478 e. The van der Waals surface area contributed by atoms with Gasteiger partial charge in [-0.2, -0.15) is 0 Å². The average Bonchev–Trinajstić information content (AvgIpc) is 2.79. The minimum absolute atomic E-state index is 0.0209. The zero-order chi connectivity index (χ0) is 13.1. The average molecular weight is 253 g/mol. The molecule has 0 aromatic heterocycles. The number of halogens is 1. The monoisotopic (exact) mass is 253 g/mol. The third-order valence-corrected chi connectivity index (χ3v) is 3.26. The van der Waals surface area contributed by atoms with Crippen LogP contribution in [0.3, 0.4) is 0 Å². The molecule has 1 saturated heterocycles. The molecule has 1 aromatic rings. The number of carbonyl (C=O) groups is 1. The van der Waals surface area contributed by atoms with Crippen LogP contribution < -0.4 is 0 Å². The number of aromatic carboxylic acids is 1. The van der Waals surface area contributed by atoms with Gasteiger partial charge in [0.2, 0.25) is 0 Å². The Bertz CT molecular complexity index is 450. The molecule has 98 valence electrons. The number of nitrogens with zero attached hydrogens (tertiary/aromatic N) is 1. The standard InChI is InChI=1S/C13H16FNO3/c1-18-11-4-5-15(8-11)7-10-3-2-9(13(16)17)6-12(10)14/h2-3,6,11H,4-5,7-8H2,1H3,(H,16,17). The maximum absolute atomic E-state index is 13.7. The van der Waals surface area contributed by atoms with Crippen molar-refractivity contribution in [2.45, 2.75) is 19.1 Å². The molecule has 4 nitrogen and oxygen atoms in total. The summed E-state index contributed by atoms with van der Waals surface area (Å²) in [5, 5.41) is 8.76. The number of likely N-dealkylation sites (tertiary alicyclic amines) is 1. The summed E-state index contributed by atoms with van der Waals surface area (Å²) < 4.78 is 19.0. The highest BCUT2D eigenvalue weighted by molar-refractivity contribution is 5.87. The SMILES string of the molecule is COC1CCN(Cc2ccc(C(=O)O)cc2F)C1. The Morgan fingerprint density at radius 1 is 1.61 bits per heavy atom. The number of hydrogen-bond acceptors (Lipinski definition) is 3. The van der Waals surface area contributed by atoms with Gasteiger partial charge in [0.05, 0.1) is 11.7 Å². The van der Waals surface area contributed by atoms with Crippen molar-refractivity contribution in [1.29, 1.82) is 0 Å². The van der Waals surface area contributed by atoms with Crippen molar-refractivity contribution in [2.75, 3.05) is 20.2 Å². The van der Waals surface area contributed by atoms with Gasteiger partial charge in [-0.1, -0.05) is 6.07 Å². The van der Waals surface area contributed by atoms with Crippen LogP contribution >= 0.6 is 0 Å². The van der Waals surface area contributed by atoms with Crippen molar-refractivity contribution >= 4 is 5.97 Å². The van der Waals surface area contributed by atoms with Crippen LogP contribution in [0.25, 0.3) is 0 Å². The van der Waals surface area contributed by atoms with Gasteiger partial charge in [0.1, 0.15) is 5.82 Å². The Morgan fingerprint density at radius 3 is 2.94 bits per heavy atom. The van der Waals surface area contributed by atoms with Gasteiger partial charge >= 0.3 is 5.97 Å². The van der Waals surface area contributed by atoms with Crippen molar-refractivity contribution in [2.24, 2.45) is 0 Å². The van der Waals surface area contributed by atoms with E-state index in [1.54, 1.807) is 13.2 Å². The van der Waals surface area contributed by atoms with E-state index in [-0.39, 0.29) is 11.7 Å². The van der Waals surface area contributed by atoms with E-state index in [1.807, 2.05) is 0 Å². The van der Waals surface area contributed by atoms with Crippen molar-refractivity contribution < 1.29 is 19.0 Å². The molecule has 0 saturated carbocycles. The number of carboxylic acids is 1. The predicted molar refractivity (Wildman–Crippen MR) is 64.1 cm³/mol. The number of rotatable bonds is 4. The summed E-state index contributed by atoms with van der Waals surface area (Å²) in [7, 11) is 1.68. The number of benzene rings is 1. The predicted octanol–water partition coefficient (Wildman–Crippen LogP) is 1.74. The fourth-order valence-electron chi connectivity index (χ4n) is 2.18. The van der Waals surface area contributed by atoms with Crippen LogP contribution in [0.5, 0.6) is 0 Å². The number of carboxylic acid groups (broad SMARTS) is 1. The van der Waals surface area contributed by atoms with Gasteiger partial charge in [-0.15, -0.1) is 0 Å². The van der Waals surface area contributed by atoms with E-state index in [4.69, 9.17) is 9.84 Å². The molecule has 1 N–H and O–H groups in total. The first kappa shape index (κ1) is 13.0. The lowest BCUT2D eigenvalue weighted by Gasteiger charge is -2.16. The summed E-state index contributed by atoms with van der Waals surface area (Å²) in [5.41, 5.74) is 0.504. The van der Waals surface area contributed by atoms with E-state index in [9.17, 15) is 9.18 Å². The summed E-state index contributed by atoms with van der Waals surface area (Å²) in [5.74, 6) is -1.57. The third-order valence-electron chi connectivity index (χ3n) is 3.26. The molecule has 0 aliphatic carbocycles. The van der Waals surface area contributed by atoms with Crippen LogP contribution in [0, 0.1) is 5.82 Å². The molecule has 5 heteroatoms. The van der Waals surface area contributed by atoms with Crippen LogP contribution in [-0.4, -0.2) is 42.3 Å². The van der Waals surface area contributed by atoms with Crippen LogP contribution in [0.2, 0.25) is 0 Å². The topological polar surface area (TPSA) is 49.8 Å². The third kappa shape index (κ3) is 2.86. The molecule has 18 heavy (non-hydrogen) atoms. The maximum Gasteiger partial charge on any atom is 0.335 e. The Morgan fingerprint density at radius 2 is 2.39 bits per heavy atom. The molecule has 1 unspecified atom stereocenters. The second-order valence-corrected chi connectivity index (χ2v) is 4.49. The Hall–Kier alpha value is -1.46. The lowest BCUT2D eigenvalue weighted by molar-refractivity contribution is 0.0696. The zero-order valence-electron chi connectivity index (χ0n) is 10.2. The van der Waals surface area contributed by atoms with Gasteiger partial charge in [-0.3, -0.25) is 4.90 Å². The number of hydrogen-bond donors (Lipinski definition) is 1. The fourth-order valence-corrected chi connectivity index (χ4v) is 2.18. The van der Waals surface area contributed by atoms with E-state index >= 15 is 0 Å². The maximum atomic E-state index is 13.7. The highest BCUT2D eigenvalue weighted by atomic mass is 19.1. The first-order chi connectivity index (χ1) is 8.60. The Labute approximate surface area is 105 Å². The van der Waals surface area contributed by atoms with Crippen molar-refractivity contribution in [3.63, 3.8) is 0 Å². The second kappa shape index (κ2) is 5.46. The van der Waals surface area contributed by atoms with Gasteiger partial charge in [0.15, 0.2) is 0 Å². The minimum atomic E-state index is -1.11. The van der Waals surface area contributed by atoms with Crippen molar-refractivity contribution in [3.05, 3.63) is 35.1 Å². The molecule has 1 heterocycles. The highest BCUT2D eigenvalue weighted by Gasteiger charge is 2.22. The summed E-state index contributed by atoms with van der Waals surface area (Å²) >= 11 is 0. The molecule has 2 rings (SSSR count). The molecular formula is C13H16FNO3. The van der Waals surface area contributed by atoms with E-state index in [2.05, 4.69) is 4.90 Å². The van der Waals surface area contributed by atoms with Gasteiger partial charge in [0.25, 0.3) is 0 Å². The summed E-state index contributed by atoms with van der Waals surface area (Å²) in [6.45, 7) is 2.15. The molecular weight excluding hydrogens is 237 g/mol. The minimum Gasteiger partial charge on any atom is -0.478 e. The van der Waals surface area contributed by atoms with Gasteiger partial charge in [0, 0.05) is 32.3 Å². The van der Waals surface area contributed by atoms with Crippen molar-refractivity contribution in [3.8, 4) is 0 Å². The molecule has 1 aliphatic rings. The van der Waals surface area contributed by atoms with Gasteiger partial charge in [-0.25, -0.2) is 9.18 Å². The second-order valence-electron chi connectivity index (χ2n) is 4.49. The molecule has 1 aromatic carbocycles. The molecule has 0 amide bonds. The van der Waals surface area contributed by atoms with Crippen molar-refractivity contribution in [1.82, 2.24) is 4.90 Å². The lowest BCUT2D eigenvalue weighted by Crippen LogP contribution is -2.23. The number of ether oxygens (including phenoxy) is 1. The van der Waals surface area contributed by atoms with E-state index in [0.29, 0.717) is 12.1 Å². The molecule has 1 aliphatic heterocycles. The molecule has 0 bridgehead atoms. The fraction of sp³-hybridized carbons (Fsp3) is 0.462.